The highest BCUT2D eigenvalue weighted by atomic mass is 16.5. The van der Waals surface area contributed by atoms with Gasteiger partial charge in [0.15, 0.2) is 5.82 Å². The number of carbonyl (C=O) groups is 1. The molecule has 8 heteroatoms. The molecule has 0 radical (unpaired) electrons. The number of amides is 1. The molecule has 0 atom stereocenters. The van der Waals surface area contributed by atoms with Crippen LogP contribution in [0.3, 0.4) is 0 Å². The van der Waals surface area contributed by atoms with E-state index in [-0.39, 0.29) is 11.8 Å². The molecular weight excluding hydrogens is 464 g/mol. The molecule has 2 aliphatic rings. The third-order valence-electron chi connectivity index (χ3n) is 7.45. The van der Waals surface area contributed by atoms with E-state index in [2.05, 4.69) is 37.1 Å². The van der Waals surface area contributed by atoms with Crippen LogP contribution in [-0.2, 0) is 19.4 Å². The summed E-state index contributed by atoms with van der Waals surface area (Å²) in [5, 5.41) is 4.06. The molecule has 6 rings (SSSR count). The molecule has 8 nitrogen and oxygen atoms in total. The molecule has 0 N–H and O–H groups in total. The van der Waals surface area contributed by atoms with Crippen molar-refractivity contribution in [1.29, 1.82) is 0 Å². The summed E-state index contributed by atoms with van der Waals surface area (Å²) in [5.41, 5.74) is 5.05. The fourth-order valence-corrected chi connectivity index (χ4v) is 5.31. The van der Waals surface area contributed by atoms with Gasteiger partial charge in [-0.3, -0.25) is 4.79 Å². The summed E-state index contributed by atoms with van der Waals surface area (Å²) in [6.45, 7) is 4.92. The zero-order valence-corrected chi connectivity index (χ0v) is 21.0. The van der Waals surface area contributed by atoms with Crippen molar-refractivity contribution >= 4 is 11.7 Å². The van der Waals surface area contributed by atoms with Gasteiger partial charge in [0.25, 0.3) is 5.91 Å². The van der Waals surface area contributed by atoms with E-state index in [1.807, 2.05) is 54.3 Å². The van der Waals surface area contributed by atoms with Crippen LogP contribution in [-0.4, -0.2) is 50.5 Å². The Morgan fingerprint density at radius 2 is 1.73 bits per heavy atom. The minimum atomic E-state index is 0.0434. The van der Waals surface area contributed by atoms with Crippen LogP contribution in [0.1, 0.15) is 59.0 Å². The molecule has 0 unspecified atom stereocenters. The van der Waals surface area contributed by atoms with Gasteiger partial charge in [0.1, 0.15) is 12.1 Å². The molecule has 2 aromatic heterocycles. The summed E-state index contributed by atoms with van der Waals surface area (Å²) in [5.74, 6) is 2.78. The lowest BCUT2D eigenvalue weighted by molar-refractivity contribution is 0.0733. The molecule has 0 spiro atoms. The smallest absolute Gasteiger partial charge is 0.254 e. The Balaban J connectivity index is 1.16. The summed E-state index contributed by atoms with van der Waals surface area (Å²) in [4.78, 5) is 31.4. The SMILES string of the molecule is CCc1noc(C2CCN(c3ncnc4c3CN(C(=O)c3ccc(-c5ccccc5)cc3)CC4)CC2)n1. The second-order valence-electron chi connectivity index (χ2n) is 9.71. The van der Waals surface area contributed by atoms with Gasteiger partial charge in [0.2, 0.25) is 5.89 Å². The van der Waals surface area contributed by atoms with Crippen molar-refractivity contribution in [2.75, 3.05) is 24.5 Å². The van der Waals surface area contributed by atoms with Gasteiger partial charge in [-0.15, -0.1) is 0 Å². The summed E-state index contributed by atoms with van der Waals surface area (Å²) < 4.78 is 5.49. The Hall–Kier alpha value is -4.07. The molecule has 188 valence electrons. The third kappa shape index (κ3) is 4.71. The van der Waals surface area contributed by atoms with Crippen LogP contribution in [0.25, 0.3) is 11.1 Å². The number of hydrogen-bond donors (Lipinski definition) is 0. The number of anilines is 1. The van der Waals surface area contributed by atoms with E-state index < -0.39 is 0 Å². The van der Waals surface area contributed by atoms with E-state index in [1.165, 1.54) is 0 Å². The van der Waals surface area contributed by atoms with Crippen LogP contribution >= 0.6 is 0 Å². The Morgan fingerprint density at radius 1 is 0.973 bits per heavy atom. The molecule has 0 bridgehead atoms. The van der Waals surface area contributed by atoms with Gasteiger partial charge in [0.05, 0.1) is 12.2 Å². The van der Waals surface area contributed by atoms with Crippen LogP contribution in [0.4, 0.5) is 5.82 Å². The molecule has 37 heavy (non-hydrogen) atoms. The lowest BCUT2D eigenvalue weighted by Crippen LogP contribution is -2.39. The lowest BCUT2D eigenvalue weighted by atomic mass is 9.96. The highest BCUT2D eigenvalue weighted by Gasteiger charge is 2.30. The number of hydrogen-bond acceptors (Lipinski definition) is 7. The van der Waals surface area contributed by atoms with E-state index in [0.717, 1.165) is 78.7 Å². The predicted octanol–water partition coefficient (Wildman–Crippen LogP) is 4.67. The number of benzene rings is 2. The van der Waals surface area contributed by atoms with Crippen LogP contribution in [0.15, 0.2) is 65.4 Å². The zero-order valence-electron chi connectivity index (χ0n) is 21.0. The number of rotatable bonds is 5. The number of aryl methyl sites for hydroxylation is 1. The Bertz CT molecular complexity index is 1380. The van der Waals surface area contributed by atoms with E-state index in [0.29, 0.717) is 18.7 Å². The van der Waals surface area contributed by atoms with Gasteiger partial charge >= 0.3 is 0 Å². The molecule has 4 aromatic rings. The van der Waals surface area contributed by atoms with Crippen LogP contribution in [0.2, 0.25) is 0 Å². The number of piperidine rings is 1. The van der Waals surface area contributed by atoms with Gasteiger partial charge in [-0.1, -0.05) is 54.5 Å². The van der Waals surface area contributed by atoms with Crippen LogP contribution < -0.4 is 4.90 Å². The van der Waals surface area contributed by atoms with Crippen molar-refractivity contribution in [3.63, 3.8) is 0 Å². The fourth-order valence-electron chi connectivity index (χ4n) is 5.31. The lowest BCUT2D eigenvalue weighted by Gasteiger charge is -2.35. The van der Waals surface area contributed by atoms with Crippen molar-refractivity contribution < 1.29 is 9.32 Å². The number of fused-ring (bicyclic) bond motifs is 1. The molecular formula is C29H30N6O2. The first kappa shape index (κ1) is 23.3. The first-order chi connectivity index (χ1) is 18.2. The van der Waals surface area contributed by atoms with Gasteiger partial charge in [-0.25, -0.2) is 9.97 Å². The predicted molar refractivity (Wildman–Crippen MR) is 140 cm³/mol. The molecule has 2 aromatic carbocycles. The van der Waals surface area contributed by atoms with E-state index in [9.17, 15) is 4.79 Å². The van der Waals surface area contributed by atoms with Crippen LogP contribution in [0.5, 0.6) is 0 Å². The second kappa shape index (κ2) is 10.1. The molecule has 1 saturated heterocycles. The maximum absolute atomic E-state index is 13.4. The minimum Gasteiger partial charge on any atom is -0.356 e. The highest BCUT2D eigenvalue weighted by molar-refractivity contribution is 5.95. The quantitative estimate of drug-likeness (QED) is 0.398. The second-order valence-corrected chi connectivity index (χ2v) is 9.71. The first-order valence-corrected chi connectivity index (χ1v) is 13.0. The number of nitrogens with zero attached hydrogens (tertiary/aromatic N) is 6. The van der Waals surface area contributed by atoms with Gasteiger partial charge in [-0.05, 0) is 36.1 Å². The largest absolute Gasteiger partial charge is 0.356 e. The Labute approximate surface area is 216 Å². The molecule has 0 saturated carbocycles. The summed E-state index contributed by atoms with van der Waals surface area (Å²) >= 11 is 0. The Kier molecular flexibility index (Phi) is 6.39. The molecule has 1 amide bonds. The summed E-state index contributed by atoms with van der Waals surface area (Å²) in [7, 11) is 0. The summed E-state index contributed by atoms with van der Waals surface area (Å²) in [6, 6.07) is 18.1. The average molecular weight is 495 g/mol. The maximum atomic E-state index is 13.4. The normalized spacial score (nSPS) is 16.0. The Morgan fingerprint density at radius 3 is 2.46 bits per heavy atom. The van der Waals surface area contributed by atoms with Crippen molar-refractivity contribution in [2.45, 2.75) is 45.1 Å². The standard InChI is InChI=1S/C29H30N6O2/c1-2-26-32-28(37-33-26)22-12-15-34(16-13-22)27-24-18-35(17-14-25(24)30-19-31-27)29(36)23-10-8-21(9-11-23)20-6-4-3-5-7-20/h3-11,19,22H,2,12-18H2,1H3. The third-order valence-corrected chi connectivity index (χ3v) is 7.45. The average Bonchev–Trinajstić information content (AvgIpc) is 3.46. The van der Waals surface area contributed by atoms with Gasteiger partial charge in [-0.2, -0.15) is 4.98 Å². The topological polar surface area (TPSA) is 88.3 Å². The van der Waals surface area contributed by atoms with Crippen molar-refractivity contribution in [3.05, 3.63) is 89.5 Å². The van der Waals surface area contributed by atoms with Gasteiger partial charge < -0.3 is 14.3 Å². The van der Waals surface area contributed by atoms with Crippen LogP contribution in [0, 0.1) is 0 Å². The van der Waals surface area contributed by atoms with Crippen molar-refractivity contribution in [1.82, 2.24) is 25.0 Å². The minimum absolute atomic E-state index is 0.0434. The molecule has 0 aliphatic carbocycles. The maximum Gasteiger partial charge on any atom is 0.254 e. The first-order valence-electron chi connectivity index (χ1n) is 13.0. The van der Waals surface area contributed by atoms with E-state index >= 15 is 0 Å². The highest BCUT2D eigenvalue weighted by Crippen LogP contribution is 2.33. The molecule has 4 heterocycles. The number of carbonyl (C=O) groups excluding carboxylic acids is 1. The molecule has 1 fully saturated rings. The molecule has 2 aliphatic heterocycles. The summed E-state index contributed by atoms with van der Waals surface area (Å²) in [6.07, 6.45) is 5.03. The van der Waals surface area contributed by atoms with Crippen molar-refractivity contribution in [2.24, 2.45) is 0 Å². The van der Waals surface area contributed by atoms with E-state index in [1.54, 1.807) is 6.33 Å². The van der Waals surface area contributed by atoms with Gasteiger partial charge in [0, 0.05) is 49.5 Å². The fraction of sp³-hybridized carbons (Fsp3) is 0.345. The van der Waals surface area contributed by atoms with E-state index in [4.69, 9.17) is 4.52 Å². The number of aromatic nitrogens is 4. The zero-order chi connectivity index (χ0) is 25.2. The monoisotopic (exact) mass is 494 g/mol. The van der Waals surface area contributed by atoms with Crippen molar-refractivity contribution in [3.8, 4) is 11.1 Å².